The number of nitro groups is 1. The predicted molar refractivity (Wildman–Crippen MR) is 56.6 cm³/mol. The van der Waals surface area contributed by atoms with Crippen LogP contribution in [0.25, 0.3) is 0 Å². The Bertz CT molecular complexity index is 353. The van der Waals surface area contributed by atoms with E-state index in [-0.39, 0.29) is 12.3 Å². The predicted octanol–water partition coefficient (Wildman–Crippen LogP) is 0.631. The smallest absolute Gasteiger partial charge is 0.269 e. The minimum absolute atomic E-state index is 0.0151. The van der Waals surface area contributed by atoms with E-state index in [1.54, 1.807) is 6.07 Å². The lowest BCUT2D eigenvalue weighted by Crippen LogP contribution is -2.06. The van der Waals surface area contributed by atoms with E-state index in [0.717, 1.165) is 11.1 Å². The first-order valence-corrected chi connectivity index (χ1v) is 4.76. The number of hydrogen-bond acceptors (Lipinski definition) is 4. The van der Waals surface area contributed by atoms with Crippen LogP contribution in [0, 0.1) is 10.1 Å². The van der Waals surface area contributed by atoms with Gasteiger partial charge in [-0.05, 0) is 30.5 Å². The normalized spacial score (nSPS) is 10.3. The summed E-state index contributed by atoms with van der Waals surface area (Å²) in [4.78, 5) is 10.1. The first-order valence-electron chi connectivity index (χ1n) is 4.76. The fraction of sp³-hybridized carbons (Fsp3) is 0.400. The molecule has 5 heteroatoms. The van der Waals surface area contributed by atoms with Gasteiger partial charge in [0, 0.05) is 18.7 Å². The van der Waals surface area contributed by atoms with Crippen molar-refractivity contribution >= 4 is 5.69 Å². The highest BCUT2D eigenvalue weighted by Crippen LogP contribution is 2.18. The summed E-state index contributed by atoms with van der Waals surface area (Å²) < 4.78 is 0. The molecule has 0 radical (unpaired) electrons. The van der Waals surface area contributed by atoms with E-state index in [2.05, 4.69) is 0 Å². The van der Waals surface area contributed by atoms with Crippen LogP contribution < -0.4 is 5.73 Å². The van der Waals surface area contributed by atoms with E-state index in [9.17, 15) is 10.1 Å². The van der Waals surface area contributed by atoms with Crippen molar-refractivity contribution in [3.8, 4) is 0 Å². The average molecular weight is 210 g/mol. The van der Waals surface area contributed by atoms with Gasteiger partial charge < -0.3 is 10.8 Å². The van der Waals surface area contributed by atoms with Gasteiger partial charge in [0.05, 0.1) is 4.92 Å². The van der Waals surface area contributed by atoms with Crippen molar-refractivity contribution in [3.05, 3.63) is 39.4 Å². The molecule has 5 nitrogen and oxygen atoms in total. The molecule has 0 fully saturated rings. The third kappa shape index (κ3) is 3.00. The highest BCUT2D eigenvalue weighted by molar-refractivity contribution is 5.40. The number of aliphatic hydroxyl groups is 1. The Morgan fingerprint density at radius 1 is 1.33 bits per heavy atom. The van der Waals surface area contributed by atoms with Gasteiger partial charge in [0.25, 0.3) is 5.69 Å². The quantitative estimate of drug-likeness (QED) is 0.551. The van der Waals surface area contributed by atoms with Crippen molar-refractivity contribution in [1.82, 2.24) is 0 Å². The summed E-state index contributed by atoms with van der Waals surface area (Å²) >= 11 is 0. The minimum atomic E-state index is -0.437. The summed E-state index contributed by atoms with van der Waals surface area (Å²) in [6.07, 6.45) is 1.10. The third-order valence-corrected chi connectivity index (χ3v) is 2.20. The van der Waals surface area contributed by atoms with Crippen LogP contribution in [0.5, 0.6) is 0 Å². The van der Waals surface area contributed by atoms with E-state index in [0.29, 0.717) is 19.4 Å². The Morgan fingerprint density at radius 3 is 2.60 bits per heavy atom. The summed E-state index contributed by atoms with van der Waals surface area (Å²) in [6.45, 7) is 0.481. The van der Waals surface area contributed by atoms with Crippen LogP contribution in [-0.2, 0) is 12.8 Å². The molecule has 0 aromatic heterocycles. The molecular weight excluding hydrogens is 196 g/mol. The van der Waals surface area contributed by atoms with Crippen LogP contribution in [0.15, 0.2) is 18.2 Å². The number of nitrogens with two attached hydrogens (primary N) is 1. The topological polar surface area (TPSA) is 89.4 Å². The highest BCUT2D eigenvalue weighted by Gasteiger charge is 2.09. The lowest BCUT2D eigenvalue weighted by Gasteiger charge is -2.06. The molecule has 3 N–H and O–H groups in total. The zero-order valence-electron chi connectivity index (χ0n) is 8.35. The second-order valence-corrected chi connectivity index (χ2v) is 3.22. The van der Waals surface area contributed by atoms with Crippen molar-refractivity contribution in [2.45, 2.75) is 12.8 Å². The number of benzene rings is 1. The molecule has 0 saturated carbocycles. The molecule has 1 rings (SSSR count). The van der Waals surface area contributed by atoms with Crippen LogP contribution in [-0.4, -0.2) is 23.2 Å². The first kappa shape index (κ1) is 11.6. The molecule has 0 aliphatic rings. The molecule has 0 amide bonds. The SMILES string of the molecule is NCCc1ccc([N+](=O)[O-])cc1CCO. The standard InChI is InChI=1S/C10H14N2O3/c11-5-3-8-1-2-10(12(14)15)7-9(8)4-6-13/h1-2,7,13H,3-6,11H2. The van der Waals surface area contributed by atoms with Crippen molar-refractivity contribution in [1.29, 1.82) is 0 Å². The summed E-state index contributed by atoms with van der Waals surface area (Å²) in [5, 5.41) is 19.4. The third-order valence-electron chi connectivity index (χ3n) is 2.20. The van der Waals surface area contributed by atoms with E-state index in [1.807, 2.05) is 0 Å². The van der Waals surface area contributed by atoms with Crippen molar-refractivity contribution in [2.24, 2.45) is 5.73 Å². The maximum Gasteiger partial charge on any atom is 0.269 e. The van der Waals surface area contributed by atoms with E-state index in [4.69, 9.17) is 10.8 Å². The van der Waals surface area contributed by atoms with Crippen LogP contribution >= 0.6 is 0 Å². The van der Waals surface area contributed by atoms with Crippen molar-refractivity contribution < 1.29 is 10.0 Å². The molecule has 0 spiro atoms. The first-order chi connectivity index (χ1) is 7.19. The summed E-state index contributed by atoms with van der Waals surface area (Å²) in [5.74, 6) is 0. The second-order valence-electron chi connectivity index (χ2n) is 3.22. The number of nitro benzene ring substituents is 1. The van der Waals surface area contributed by atoms with Gasteiger partial charge >= 0.3 is 0 Å². The molecule has 0 unspecified atom stereocenters. The molecular formula is C10H14N2O3. The lowest BCUT2D eigenvalue weighted by atomic mass is 10.0. The van der Waals surface area contributed by atoms with Gasteiger partial charge in [-0.15, -0.1) is 0 Å². The number of hydrogen-bond donors (Lipinski definition) is 2. The largest absolute Gasteiger partial charge is 0.396 e. The summed E-state index contributed by atoms with van der Waals surface area (Å²) in [5.41, 5.74) is 7.25. The summed E-state index contributed by atoms with van der Waals surface area (Å²) in [6, 6.07) is 4.67. The molecule has 0 heterocycles. The van der Waals surface area contributed by atoms with Crippen molar-refractivity contribution in [2.75, 3.05) is 13.2 Å². The van der Waals surface area contributed by atoms with Crippen LogP contribution in [0.3, 0.4) is 0 Å². The van der Waals surface area contributed by atoms with Crippen LogP contribution in [0.4, 0.5) is 5.69 Å². The average Bonchev–Trinajstić information content (AvgIpc) is 2.21. The molecule has 0 bridgehead atoms. The molecule has 0 atom stereocenters. The van der Waals surface area contributed by atoms with Crippen LogP contribution in [0.1, 0.15) is 11.1 Å². The Hall–Kier alpha value is -1.46. The molecule has 0 aliphatic carbocycles. The molecule has 1 aromatic rings. The van der Waals surface area contributed by atoms with Gasteiger partial charge in [-0.3, -0.25) is 10.1 Å². The Labute approximate surface area is 87.7 Å². The van der Waals surface area contributed by atoms with Crippen molar-refractivity contribution in [3.63, 3.8) is 0 Å². The van der Waals surface area contributed by atoms with Gasteiger partial charge in [-0.2, -0.15) is 0 Å². The molecule has 0 aliphatic heterocycles. The number of aliphatic hydroxyl groups excluding tert-OH is 1. The van der Waals surface area contributed by atoms with E-state index in [1.165, 1.54) is 12.1 Å². The van der Waals surface area contributed by atoms with E-state index < -0.39 is 4.92 Å². The minimum Gasteiger partial charge on any atom is -0.396 e. The summed E-state index contributed by atoms with van der Waals surface area (Å²) in [7, 11) is 0. The maximum atomic E-state index is 10.5. The van der Waals surface area contributed by atoms with Gasteiger partial charge in [0.15, 0.2) is 0 Å². The van der Waals surface area contributed by atoms with Gasteiger partial charge in [-0.1, -0.05) is 6.07 Å². The van der Waals surface area contributed by atoms with Gasteiger partial charge in [0.2, 0.25) is 0 Å². The van der Waals surface area contributed by atoms with Gasteiger partial charge in [-0.25, -0.2) is 0 Å². The number of rotatable bonds is 5. The zero-order chi connectivity index (χ0) is 11.3. The van der Waals surface area contributed by atoms with Crippen LogP contribution in [0.2, 0.25) is 0 Å². The number of non-ortho nitro benzene ring substituents is 1. The molecule has 15 heavy (non-hydrogen) atoms. The Kier molecular flexibility index (Phi) is 4.20. The molecule has 0 saturated heterocycles. The monoisotopic (exact) mass is 210 g/mol. The lowest BCUT2D eigenvalue weighted by molar-refractivity contribution is -0.384. The van der Waals surface area contributed by atoms with Gasteiger partial charge in [0.1, 0.15) is 0 Å². The number of nitrogens with zero attached hydrogens (tertiary/aromatic N) is 1. The van der Waals surface area contributed by atoms with E-state index >= 15 is 0 Å². The highest BCUT2D eigenvalue weighted by atomic mass is 16.6. The Morgan fingerprint density at radius 2 is 2.07 bits per heavy atom. The zero-order valence-corrected chi connectivity index (χ0v) is 8.35. The fourth-order valence-corrected chi connectivity index (χ4v) is 1.48. The fourth-order valence-electron chi connectivity index (χ4n) is 1.48. The second kappa shape index (κ2) is 5.43. The Balaban J connectivity index is 3.02. The molecule has 1 aromatic carbocycles. The molecule has 82 valence electrons. The maximum absolute atomic E-state index is 10.5.